The Bertz CT molecular complexity index is 1480. The molecule has 2 aliphatic heterocycles. The SMILES string of the molecule is COc1cc(/C=C2/SC(=O)N(CC(=O)N3CCN(c4ccccc4)CC3)C2=O)cc(Cl)c1OCc1ccc(Cl)cc1. The number of thioether (sulfide) groups is 1. The predicted molar refractivity (Wildman–Crippen MR) is 162 cm³/mol. The lowest BCUT2D eigenvalue weighted by molar-refractivity contribution is -0.136. The number of imide groups is 1. The number of rotatable bonds is 8. The van der Waals surface area contributed by atoms with Crippen LogP contribution in [-0.4, -0.2) is 66.7 Å². The number of methoxy groups -OCH3 is 1. The van der Waals surface area contributed by atoms with Gasteiger partial charge in [-0.1, -0.05) is 53.5 Å². The Morgan fingerprint density at radius 1 is 0.976 bits per heavy atom. The molecule has 41 heavy (non-hydrogen) atoms. The second kappa shape index (κ2) is 12.9. The minimum absolute atomic E-state index is 0.199. The quantitative estimate of drug-likeness (QED) is 0.290. The Kier molecular flexibility index (Phi) is 9.07. The molecule has 11 heteroatoms. The molecule has 2 fully saturated rings. The number of ether oxygens (including phenoxy) is 2. The van der Waals surface area contributed by atoms with Gasteiger partial charge in [0.25, 0.3) is 11.1 Å². The molecule has 212 valence electrons. The van der Waals surface area contributed by atoms with Crippen LogP contribution >= 0.6 is 35.0 Å². The van der Waals surface area contributed by atoms with Crippen LogP contribution in [0.2, 0.25) is 10.0 Å². The highest BCUT2D eigenvalue weighted by atomic mass is 35.5. The summed E-state index contributed by atoms with van der Waals surface area (Å²) in [5.74, 6) is -0.0447. The van der Waals surface area contributed by atoms with E-state index in [1.165, 1.54) is 7.11 Å². The van der Waals surface area contributed by atoms with Crippen LogP contribution in [0.15, 0.2) is 71.6 Å². The number of anilines is 1. The second-order valence-electron chi connectivity index (χ2n) is 9.42. The number of amides is 3. The first-order chi connectivity index (χ1) is 19.8. The van der Waals surface area contributed by atoms with Crippen molar-refractivity contribution in [2.75, 3.05) is 44.7 Å². The molecule has 8 nitrogen and oxygen atoms in total. The summed E-state index contributed by atoms with van der Waals surface area (Å²) >= 11 is 13.2. The van der Waals surface area contributed by atoms with E-state index in [9.17, 15) is 14.4 Å². The summed E-state index contributed by atoms with van der Waals surface area (Å²) in [6.45, 7) is 2.35. The maximum absolute atomic E-state index is 13.1. The molecule has 0 spiro atoms. The van der Waals surface area contributed by atoms with Crippen molar-refractivity contribution in [3.63, 3.8) is 0 Å². The Morgan fingerprint density at radius 2 is 1.68 bits per heavy atom. The highest BCUT2D eigenvalue weighted by Gasteiger charge is 2.37. The lowest BCUT2D eigenvalue weighted by Crippen LogP contribution is -2.51. The van der Waals surface area contributed by atoms with E-state index >= 15 is 0 Å². The average Bonchev–Trinajstić information content (AvgIpc) is 3.24. The normalized spacial score (nSPS) is 16.5. The smallest absolute Gasteiger partial charge is 0.294 e. The van der Waals surface area contributed by atoms with Crippen molar-refractivity contribution in [2.45, 2.75) is 6.61 Å². The molecule has 0 bridgehead atoms. The van der Waals surface area contributed by atoms with Crippen LogP contribution < -0.4 is 14.4 Å². The molecule has 0 atom stereocenters. The van der Waals surface area contributed by atoms with Crippen LogP contribution in [-0.2, 0) is 16.2 Å². The molecule has 0 radical (unpaired) electrons. The van der Waals surface area contributed by atoms with Gasteiger partial charge in [-0.3, -0.25) is 19.3 Å². The van der Waals surface area contributed by atoms with Gasteiger partial charge < -0.3 is 19.3 Å². The first kappa shape index (κ1) is 28.9. The van der Waals surface area contributed by atoms with Gasteiger partial charge in [-0.25, -0.2) is 0 Å². The molecule has 0 N–H and O–H groups in total. The van der Waals surface area contributed by atoms with Gasteiger partial charge in [0.1, 0.15) is 13.2 Å². The van der Waals surface area contributed by atoms with Crippen LogP contribution in [0.4, 0.5) is 10.5 Å². The number of nitrogens with zero attached hydrogens (tertiary/aromatic N) is 3. The number of hydrogen-bond acceptors (Lipinski definition) is 7. The molecule has 0 saturated carbocycles. The minimum Gasteiger partial charge on any atom is -0.493 e. The molecule has 3 amide bonds. The Balaban J connectivity index is 1.22. The second-order valence-corrected chi connectivity index (χ2v) is 11.3. The van der Waals surface area contributed by atoms with Crippen LogP contribution in [0.3, 0.4) is 0 Å². The molecule has 0 aromatic heterocycles. The molecule has 3 aromatic rings. The van der Waals surface area contributed by atoms with Gasteiger partial charge in [0.15, 0.2) is 11.5 Å². The first-order valence-corrected chi connectivity index (χ1v) is 14.5. The summed E-state index contributed by atoms with van der Waals surface area (Å²) in [6, 6.07) is 20.6. The molecule has 2 saturated heterocycles. The van der Waals surface area contributed by atoms with E-state index in [1.807, 2.05) is 42.5 Å². The number of carbonyl (C=O) groups is 3. The maximum Gasteiger partial charge on any atom is 0.294 e. The summed E-state index contributed by atoms with van der Waals surface area (Å²) in [5.41, 5.74) is 2.56. The van der Waals surface area contributed by atoms with Gasteiger partial charge in [-0.15, -0.1) is 0 Å². The molecule has 2 aliphatic rings. The van der Waals surface area contributed by atoms with Gasteiger partial charge in [-0.05, 0) is 65.4 Å². The summed E-state index contributed by atoms with van der Waals surface area (Å²) < 4.78 is 11.4. The van der Waals surface area contributed by atoms with Crippen LogP contribution in [0.25, 0.3) is 6.08 Å². The van der Waals surface area contributed by atoms with Crippen molar-refractivity contribution in [3.05, 3.63) is 92.8 Å². The third kappa shape index (κ3) is 6.81. The molecule has 5 rings (SSSR count). The fourth-order valence-electron chi connectivity index (χ4n) is 4.58. The van der Waals surface area contributed by atoms with Gasteiger partial charge in [0.05, 0.1) is 17.0 Å². The number of hydrogen-bond donors (Lipinski definition) is 0. The third-order valence-corrected chi connectivity index (χ3v) is 8.21. The summed E-state index contributed by atoms with van der Waals surface area (Å²) in [4.78, 5) is 43.9. The van der Waals surface area contributed by atoms with Crippen molar-refractivity contribution >= 4 is 63.8 Å². The molecule has 0 unspecified atom stereocenters. The number of carbonyl (C=O) groups excluding carboxylic acids is 3. The van der Waals surface area contributed by atoms with E-state index < -0.39 is 11.1 Å². The highest BCUT2D eigenvalue weighted by molar-refractivity contribution is 8.18. The van der Waals surface area contributed by atoms with Crippen molar-refractivity contribution < 1.29 is 23.9 Å². The fraction of sp³-hybridized carbons (Fsp3) is 0.233. The van der Waals surface area contributed by atoms with E-state index in [2.05, 4.69) is 4.90 Å². The van der Waals surface area contributed by atoms with Gasteiger partial charge in [-0.2, -0.15) is 0 Å². The van der Waals surface area contributed by atoms with Gasteiger partial charge >= 0.3 is 0 Å². The minimum atomic E-state index is -0.519. The summed E-state index contributed by atoms with van der Waals surface area (Å²) in [6.07, 6.45) is 1.56. The summed E-state index contributed by atoms with van der Waals surface area (Å²) in [5, 5.41) is 0.427. The number of halogens is 2. The highest BCUT2D eigenvalue weighted by Crippen LogP contribution is 2.39. The predicted octanol–water partition coefficient (Wildman–Crippen LogP) is 5.97. The lowest BCUT2D eigenvalue weighted by atomic mass is 10.1. The molecular formula is C30H27Cl2N3O5S. The maximum atomic E-state index is 13.1. The van der Waals surface area contributed by atoms with E-state index in [4.69, 9.17) is 32.7 Å². The zero-order valence-electron chi connectivity index (χ0n) is 22.2. The van der Waals surface area contributed by atoms with Crippen LogP contribution in [0, 0.1) is 0 Å². The first-order valence-electron chi connectivity index (χ1n) is 12.9. The van der Waals surface area contributed by atoms with Gasteiger partial charge in [0.2, 0.25) is 5.91 Å². The van der Waals surface area contributed by atoms with Crippen molar-refractivity contribution in [1.29, 1.82) is 0 Å². The molecule has 0 aliphatic carbocycles. The lowest BCUT2D eigenvalue weighted by Gasteiger charge is -2.36. The largest absolute Gasteiger partial charge is 0.493 e. The monoisotopic (exact) mass is 611 g/mol. The zero-order chi connectivity index (χ0) is 28.9. The zero-order valence-corrected chi connectivity index (χ0v) is 24.5. The summed E-state index contributed by atoms with van der Waals surface area (Å²) in [7, 11) is 1.49. The van der Waals surface area contributed by atoms with Crippen molar-refractivity contribution in [3.8, 4) is 11.5 Å². The third-order valence-electron chi connectivity index (χ3n) is 6.77. The van der Waals surface area contributed by atoms with E-state index in [-0.39, 0.29) is 29.0 Å². The Hall–Kier alpha value is -3.66. The van der Waals surface area contributed by atoms with Crippen LogP contribution in [0.1, 0.15) is 11.1 Å². The number of benzene rings is 3. The fourth-order valence-corrected chi connectivity index (χ4v) is 5.81. The molecule has 3 aromatic carbocycles. The number of piperazine rings is 1. The average molecular weight is 613 g/mol. The van der Waals surface area contributed by atoms with Crippen molar-refractivity contribution in [1.82, 2.24) is 9.80 Å². The Morgan fingerprint density at radius 3 is 2.37 bits per heavy atom. The Labute approximate surface area is 252 Å². The van der Waals surface area contributed by atoms with Gasteiger partial charge in [0, 0.05) is 36.9 Å². The van der Waals surface area contributed by atoms with E-state index in [1.54, 1.807) is 35.2 Å². The van der Waals surface area contributed by atoms with E-state index in [0.717, 1.165) is 27.9 Å². The molecular weight excluding hydrogens is 585 g/mol. The van der Waals surface area contributed by atoms with Crippen LogP contribution in [0.5, 0.6) is 11.5 Å². The van der Waals surface area contributed by atoms with E-state index in [0.29, 0.717) is 48.3 Å². The topological polar surface area (TPSA) is 79.4 Å². The standard InChI is InChI=1S/C30H27Cl2N3O5S/c1-39-25-16-21(15-24(32)28(25)40-19-20-7-9-22(31)10-8-20)17-26-29(37)35(30(38)41-26)18-27(36)34-13-11-33(12-14-34)23-5-3-2-4-6-23/h2-10,15-17H,11-14,18-19H2,1H3/b26-17+. The number of para-hydroxylation sites is 1. The molecule has 2 heterocycles. The van der Waals surface area contributed by atoms with Crippen molar-refractivity contribution in [2.24, 2.45) is 0 Å².